The van der Waals surface area contributed by atoms with Gasteiger partial charge in [-0.3, -0.25) is 9.36 Å². The first-order valence-corrected chi connectivity index (χ1v) is 6.46. The van der Waals surface area contributed by atoms with E-state index in [1.807, 2.05) is 0 Å². The van der Waals surface area contributed by atoms with Crippen LogP contribution in [0.3, 0.4) is 0 Å². The maximum absolute atomic E-state index is 13.1. The van der Waals surface area contributed by atoms with Gasteiger partial charge in [-0.25, -0.2) is 13.6 Å². The van der Waals surface area contributed by atoms with Gasteiger partial charge in [-0.05, 0) is 42.5 Å². The number of nitrogens with one attached hydrogen (secondary N) is 2. The molecule has 2 N–H and O–H groups in total. The number of fused-ring (bicyclic) bond motifs is 1. The van der Waals surface area contributed by atoms with Gasteiger partial charge >= 0.3 is 5.69 Å². The van der Waals surface area contributed by atoms with Gasteiger partial charge in [-0.2, -0.15) is 0 Å². The van der Waals surface area contributed by atoms with E-state index in [-0.39, 0.29) is 6.54 Å². The summed E-state index contributed by atoms with van der Waals surface area (Å²) in [6, 6.07) is 9.09. The Morgan fingerprint density at radius 1 is 1.09 bits per heavy atom. The number of carbonyl (C=O) groups excluding carboxylic acids is 1. The van der Waals surface area contributed by atoms with E-state index in [1.54, 1.807) is 0 Å². The number of imidazole rings is 1. The Bertz CT molecular complexity index is 897. The zero-order valence-corrected chi connectivity index (χ0v) is 11.3. The first kappa shape index (κ1) is 14.0. The molecule has 0 saturated carbocycles. The minimum Gasteiger partial charge on any atom is -0.325 e. The number of hydrogen-bond acceptors (Lipinski definition) is 2. The van der Waals surface area contributed by atoms with Gasteiger partial charge in [0.25, 0.3) is 0 Å². The van der Waals surface area contributed by atoms with Crippen LogP contribution in [0.4, 0.5) is 14.5 Å². The summed E-state index contributed by atoms with van der Waals surface area (Å²) < 4.78 is 27.1. The fraction of sp³-hybridized carbons (Fsp3) is 0.0667. The third-order valence-electron chi connectivity index (χ3n) is 3.17. The fourth-order valence-electron chi connectivity index (χ4n) is 2.17. The van der Waals surface area contributed by atoms with E-state index in [0.29, 0.717) is 16.7 Å². The summed E-state index contributed by atoms with van der Waals surface area (Å²) >= 11 is 0. The van der Waals surface area contributed by atoms with Crippen LogP contribution in [0.1, 0.15) is 0 Å². The Labute approximate surface area is 123 Å². The van der Waals surface area contributed by atoms with Crippen molar-refractivity contribution in [2.45, 2.75) is 6.54 Å². The number of aromatic nitrogens is 2. The van der Waals surface area contributed by atoms with Crippen molar-refractivity contribution in [3.8, 4) is 0 Å². The second-order valence-electron chi connectivity index (χ2n) is 4.73. The van der Waals surface area contributed by atoms with Gasteiger partial charge in [-0.1, -0.05) is 0 Å². The maximum atomic E-state index is 13.1. The number of amides is 1. The molecule has 7 heteroatoms. The van der Waals surface area contributed by atoms with Gasteiger partial charge in [-0.15, -0.1) is 0 Å². The SMILES string of the molecule is O=C(Cn1c(=O)[nH]c2cc(F)ccc21)Nc1ccc(F)cc1. The number of halogens is 2. The maximum Gasteiger partial charge on any atom is 0.326 e. The second-order valence-corrected chi connectivity index (χ2v) is 4.73. The van der Waals surface area contributed by atoms with Gasteiger partial charge in [0.2, 0.25) is 5.91 Å². The number of carbonyl (C=O) groups is 1. The third kappa shape index (κ3) is 2.73. The third-order valence-corrected chi connectivity index (χ3v) is 3.17. The van der Waals surface area contributed by atoms with Crippen molar-refractivity contribution in [1.82, 2.24) is 9.55 Å². The van der Waals surface area contributed by atoms with E-state index in [9.17, 15) is 18.4 Å². The lowest BCUT2D eigenvalue weighted by Crippen LogP contribution is -2.25. The van der Waals surface area contributed by atoms with Crippen molar-refractivity contribution in [3.05, 3.63) is 64.6 Å². The molecule has 0 spiro atoms. The van der Waals surface area contributed by atoms with Crippen LogP contribution >= 0.6 is 0 Å². The molecule has 0 bridgehead atoms. The number of nitrogens with zero attached hydrogens (tertiary/aromatic N) is 1. The molecule has 1 heterocycles. The average Bonchev–Trinajstić information content (AvgIpc) is 2.77. The van der Waals surface area contributed by atoms with Crippen molar-refractivity contribution in [3.63, 3.8) is 0 Å². The van der Waals surface area contributed by atoms with Crippen molar-refractivity contribution >= 4 is 22.6 Å². The molecule has 3 aromatic rings. The van der Waals surface area contributed by atoms with E-state index in [4.69, 9.17) is 0 Å². The van der Waals surface area contributed by atoms with Crippen LogP contribution in [0.15, 0.2) is 47.3 Å². The summed E-state index contributed by atoms with van der Waals surface area (Å²) in [7, 11) is 0. The summed E-state index contributed by atoms with van der Waals surface area (Å²) in [5, 5.41) is 2.56. The molecule has 1 aromatic heterocycles. The van der Waals surface area contributed by atoms with Crippen molar-refractivity contribution in [2.75, 3.05) is 5.32 Å². The highest BCUT2D eigenvalue weighted by molar-refractivity contribution is 5.91. The fourth-order valence-corrected chi connectivity index (χ4v) is 2.17. The Hall–Kier alpha value is -2.96. The standard InChI is InChI=1S/C15H11F2N3O2/c16-9-1-4-11(5-2-9)18-14(21)8-20-13-6-3-10(17)7-12(13)19-15(20)22/h1-7H,8H2,(H,18,21)(H,19,22). The van der Waals surface area contributed by atoms with Crippen molar-refractivity contribution < 1.29 is 13.6 Å². The highest BCUT2D eigenvalue weighted by atomic mass is 19.1. The summed E-state index contributed by atoms with van der Waals surface area (Å²) in [6.45, 7) is -0.234. The molecule has 0 saturated heterocycles. The molecule has 2 aromatic carbocycles. The van der Waals surface area contributed by atoms with Gasteiger partial charge in [0.15, 0.2) is 0 Å². The quantitative estimate of drug-likeness (QED) is 0.779. The zero-order chi connectivity index (χ0) is 15.7. The lowest BCUT2D eigenvalue weighted by Gasteiger charge is -2.06. The van der Waals surface area contributed by atoms with E-state index < -0.39 is 23.2 Å². The zero-order valence-electron chi connectivity index (χ0n) is 11.3. The van der Waals surface area contributed by atoms with Crippen LogP contribution in [0, 0.1) is 11.6 Å². The molecule has 0 fully saturated rings. The molecule has 0 aliphatic rings. The molecule has 22 heavy (non-hydrogen) atoms. The van der Waals surface area contributed by atoms with Crippen LogP contribution in [-0.4, -0.2) is 15.5 Å². The van der Waals surface area contributed by atoms with Crippen molar-refractivity contribution in [2.24, 2.45) is 0 Å². The Morgan fingerprint density at radius 3 is 2.50 bits per heavy atom. The minimum atomic E-state index is -0.505. The second kappa shape index (κ2) is 5.44. The monoisotopic (exact) mass is 303 g/mol. The number of aromatic amines is 1. The molecular weight excluding hydrogens is 292 g/mol. The molecule has 112 valence electrons. The molecule has 0 radical (unpaired) electrons. The predicted molar refractivity (Wildman–Crippen MR) is 77.5 cm³/mol. The summed E-state index contributed by atoms with van der Waals surface area (Å²) in [5.74, 6) is -1.33. The summed E-state index contributed by atoms with van der Waals surface area (Å²) in [5.41, 5.74) is 0.667. The van der Waals surface area contributed by atoms with Gasteiger partial charge in [0.1, 0.15) is 18.2 Å². The van der Waals surface area contributed by atoms with Crippen LogP contribution in [0.2, 0.25) is 0 Å². The number of hydrogen-bond donors (Lipinski definition) is 2. The summed E-state index contributed by atoms with van der Waals surface area (Å²) in [4.78, 5) is 26.3. The van der Waals surface area contributed by atoms with Crippen molar-refractivity contribution in [1.29, 1.82) is 0 Å². The van der Waals surface area contributed by atoms with E-state index in [1.165, 1.54) is 47.0 Å². The predicted octanol–water partition coefficient (Wildman–Crippen LogP) is 2.25. The molecule has 0 atom stereocenters. The Morgan fingerprint density at radius 2 is 1.77 bits per heavy atom. The number of H-pyrrole nitrogens is 1. The molecular formula is C15H11F2N3O2. The first-order chi connectivity index (χ1) is 10.5. The normalized spacial score (nSPS) is 10.8. The molecule has 0 aliphatic heterocycles. The lowest BCUT2D eigenvalue weighted by atomic mass is 10.3. The molecule has 0 unspecified atom stereocenters. The Balaban J connectivity index is 1.83. The average molecular weight is 303 g/mol. The minimum absolute atomic E-state index is 0.234. The molecule has 1 amide bonds. The number of anilines is 1. The lowest BCUT2D eigenvalue weighted by molar-refractivity contribution is -0.116. The molecule has 3 rings (SSSR count). The Kier molecular flexibility index (Phi) is 3.46. The first-order valence-electron chi connectivity index (χ1n) is 6.46. The highest BCUT2D eigenvalue weighted by Crippen LogP contribution is 2.12. The van der Waals surface area contributed by atoms with E-state index in [2.05, 4.69) is 10.3 Å². The van der Waals surface area contributed by atoms with E-state index >= 15 is 0 Å². The van der Waals surface area contributed by atoms with Gasteiger partial charge < -0.3 is 10.3 Å². The van der Waals surface area contributed by atoms with Crippen LogP contribution < -0.4 is 11.0 Å². The smallest absolute Gasteiger partial charge is 0.325 e. The number of benzene rings is 2. The van der Waals surface area contributed by atoms with Gasteiger partial charge in [0.05, 0.1) is 11.0 Å². The van der Waals surface area contributed by atoms with E-state index in [0.717, 1.165) is 0 Å². The number of rotatable bonds is 3. The van der Waals surface area contributed by atoms with Crippen LogP contribution in [0.5, 0.6) is 0 Å². The molecule has 5 nitrogen and oxygen atoms in total. The summed E-state index contributed by atoms with van der Waals surface area (Å²) in [6.07, 6.45) is 0. The van der Waals surface area contributed by atoms with Crippen LogP contribution in [-0.2, 0) is 11.3 Å². The topological polar surface area (TPSA) is 66.9 Å². The largest absolute Gasteiger partial charge is 0.326 e. The van der Waals surface area contributed by atoms with Gasteiger partial charge in [0, 0.05) is 5.69 Å². The van der Waals surface area contributed by atoms with Crippen LogP contribution in [0.25, 0.3) is 11.0 Å². The molecule has 0 aliphatic carbocycles. The highest BCUT2D eigenvalue weighted by Gasteiger charge is 2.11.